The van der Waals surface area contributed by atoms with Crippen LogP contribution in [0.25, 0.3) is 0 Å². The maximum atomic E-state index is 14.1. The zero-order chi connectivity index (χ0) is 22.9. The number of aromatic nitrogens is 2. The summed E-state index contributed by atoms with van der Waals surface area (Å²) in [6.45, 7) is 3.49. The van der Waals surface area contributed by atoms with Crippen LogP contribution >= 0.6 is 0 Å². The number of rotatable bonds is 6. The third-order valence-corrected chi connectivity index (χ3v) is 4.59. The Morgan fingerprint density at radius 1 is 1.29 bits per heavy atom. The van der Waals surface area contributed by atoms with Gasteiger partial charge in [-0.25, -0.2) is 13.8 Å². The van der Waals surface area contributed by atoms with Crippen LogP contribution in [-0.2, 0) is 0 Å². The highest BCUT2D eigenvalue weighted by Gasteiger charge is 2.33. The van der Waals surface area contributed by atoms with E-state index in [9.17, 15) is 31.5 Å². The summed E-state index contributed by atoms with van der Waals surface area (Å²) in [7, 11) is 0. The molecule has 0 unspecified atom stereocenters. The molecule has 1 saturated heterocycles. The van der Waals surface area contributed by atoms with Crippen molar-refractivity contribution in [3.05, 3.63) is 51.7 Å². The zero-order valence-corrected chi connectivity index (χ0v) is 16.5. The number of halogens is 5. The van der Waals surface area contributed by atoms with E-state index in [0.29, 0.717) is 0 Å². The van der Waals surface area contributed by atoms with Crippen molar-refractivity contribution in [2.24, 2.45) is 5.92 Å². The number of carbonyl (C=O) groups excluding carboxylic acids is 1. The Morgan fingerprint density at radius 2 is 1.97 bits per heavy atom. The summed E-state index contributed by atoms with van der Waals surface area (Å²) in [5.41, 5.74) is -0.647. The molecule has 0 saturated carbocycles. The lowest BCUT2D eigenvalue weighted by Gasteiger charge is -2.34. The second-order valence-electron chi connectivity index (χ2n) is 7.39. The normalized spacial score (nSPS) is 15.5. The van der Waals surface area contributed by atoms with Crippen molar-refractivity contribution in [2.75, 3.05) is 18.0 Å². The predicted octanol–water partition coefficient (Wildman–Crippen LogP) is 3.09. The van der Waals surface area contributed by atoms with E-state index >= 15 is 0 Å². The fourth-order valence-corrected chi connectivity index (χ4v) is 3.08. The Morgan fingerprint density at radius 3 is 2.52 bits per heavy atom. The van der Waals surface area contributed by atoms with Crippen LogP contribution in [0.5, 0.6) is 5.75 Å². The van der Waals surface area contributed by atoms with Gasteiger partial charge in [0.2, 0.25) is 5.95 Å². The van der Waals surface area contributed by atoms with Gasteiger partial charge in [-0.15, -0.1) is 13.2 Å². The molecule has 1 aliphatic heterocycles. The molecule has 0 bridgehead atoms. The molecule has 1 atom stereocenters. The Labute approximate surface area is 173 Å². The molecule has 12 heteroatoms. The van der Waals surface area contributed by atoms with Gasteiger partial charge in [0.15, 0.2) is 11.6 Å². The highest BCUT2D eigenvalue weighted by molar-refractivity contribution is 5.92. The lowest BCUT2D eigenvalue weighted by atomic mass is 9.95. The standard InChI is InChI=1S/C19H19F5N4O3/c1-9(2)16(10-3-4-14(12(21)5-10)31-19(22,23)24)27-17(30)13-6-15(29)26-18(25-13)28-7-11(20)8-28/h3-6,9,11,16H,7-8H2,1-2H3,(H,27,30)(H,25,26,29)/t16-/m1/s1. The number of H-pyrrole nitrogens is 1. The zero-order valence-electron chi connectivity index (χ0n) is 16.5. The van der Waals surface area contributed by atoms with Gasteiger partial charge in [0, 0.05) is 6.07 Å². The number of benzene rings is 1. The second-order valence-corrected chi connectivity index (χ2v) is 7.39. The van der Waals surface area contributed by atoms with E-state index in [1.807, 2.05) is 0 Å². The Kier molecular flexibility index (Phi) is 6.18. The molecule has 2 heterocycles. The van der Waals surface area contributed by atoms with Gasteiger partial charge in [0.1, 0.15) is 11.9 Å². The summed E-state index contributed by atoms with van der Waals surface area (Å²) in [5.74, 6) is -3.23. The summed E-state index contributed by atoms with van der Waals surface area (Å²) in [5, 5.41) is 2.61. The Balaban J connectivity index is 1.81. The molecule has 7 nitrogen and oxygen atoms in total. The molecule has 1 aromatic heterocycles. The van der Waals surface area contributed by atoms with Crippen molar-refractivity contribution in [3.8, 4) is 5.75 Å². The molecule has 0 aliphatic carbocycles. The molecule has 0 radical (unpaired) electrons. The van der Waals surface area contributed by atoms with Crippen LogP contribution in [0.1, 0.15) is 35.9 Å². The number of amides is 1. The van der Waals surface area contributed by atoms with Gasteiger partial charge in [-0.3, -0.25) is 14.6 Å². The minimum atomic E-state index is -5.05. The van der Waals surface area contributed by atoms with Crippen molar-refractivity contribution in [1.82, 2.24) is 15.3 Å². The third-order valence-electron chi connectivity index (χ3n) is 4.59. The monoisotopic (exact) mass is 446 g/mol. The van der Waals surface area contributed by atoms with E-state index in [-0.39, 0.29) is 36.2 Å². The van der Waals surface area contributed by atoms with E-state index in [0.717, 1.165) is 18.2 Å². The van der Waals surface area contributed by atoms with Crippen LogP contribution in [-0.4, -0.2) is 41.5 Å². The predicted molar refractivity (Wildman–Crippen MR) is 100 cm³/mol. The molecule has 168 valence electrons. The van der Waals surface area contributed by atoms with Crippen LogP contribution in [0.3, 0.4) is 0 Å². The second kappa shape index (κ2) is 8.52. The van der Waals surface area contributed by atoms with Gasteiger partial charge in [0.25, 0.3) is 11.5 Å². The molecule has 0 spiro atoms. The highest BCUT2D eigenvalue weighted by Crippen LogP contribution is 2.30. The minimum absolute atomic E-state index is 0.0360. The number of nitrogens with one attached hydrogen (secondary N) is 2. The van der Waals surface area contributed by atoms with Crippen molar-refractivity contribution in [1.29, 1.82) is 0 Å². The van der Waals surface area contributed by atoms with Gasteiger partial charge in [0.05, 0.1) is 19.1 Å². The van der Waals surface area contributed by atoms with Gasteiger partial charge in [-0.05, 0) is 23.6 Å². The molecular weight excluding hydrogens is 427 g/mol. The molecule has 1 amide bonds. The number of ether oxygens (including phenoxy) is 1. The fraction of sp³-hybridized carbons (Fsp3) is 0.421. The lowest BCUT2D eigenvalue weighted by molar-refractivity contribution is -0.275. The van der Waals surface area contributed by atoms with Crippen molar-refractivity contribution in [3.63, 3.8) is 0 Å². The maximum absolute atomic E-state index is 14.1. The Bertz CT molecular complexity index is 1020. The lowest BCUT2D eigenvalue weighted by Crippen LogP contribution is -2.50. The van der Waals surface area contributed by atoms with Crippen LogP contribution in [0, 0.1) is 11.7 Å². The summed E-state index contributed by atoms with van der Waals surface area (Å²) in [6.07, 6.45) is -6.09. The molecule has 2 N–H and O–H groups in total. The number of alkyl halides is 4. The first-order valence-electron chi connectivity index (χ1n) is 9.29. The van der Waals surface area contributed by atoms with E-state index < -0.39 is 41.6 Å². The van der Waals surface area contributed by atoms with Crippen molar-refractivity contribution < 1.29 is 31.5 Å². The van der Waals surface area contributed by atoms with Gasteiger partial charge in [-0.1, -0.05) is 19.9 Å². The molecule has 31 heavy (non-hydrogen) atoms. The van der Waals surface area contributed by atoms with E-state index in [2.05, 4.69) is 20.0 Å². The average Bonchev–Trinajstić information content (AvgIpc) is 2.63. The maximum Gasteiger partial charge on any atom is 0.573 e. The van der Waals surface area contributed by atoms with Crippen LogP contribution in [0.15, 0.2) is 29.1 Å². The first-order chi connectivity index (χ1) is 14.4. The molecule has 1 aromatic carbocycles. The largest absolute Gasteiger partial charge is 0.573 e. The molecule has 1 aliphatic rings. The van der Waals surface area contributed by atoms with Crippen LogP contribution in [0.2, 0.25) is 0 Å². The summed E-state index contributed by atoms with van der Waals surface area (Å²) in [4.78, 5) is 32.5. The fourth-order valence-electron chi connectivity index (χ4n) is 3.08. The van der Waals surface area contributed by atoms with Gasteiger partial charge >= 0.3 is 6.36 Å². The smallest absolute Gasteiger partial charge is 0.403 e. The van der Waals surface area contributed by atoms with E-state index in [4.69, 9.17) is 0 Å². The summed E-state index contributed by atoms with van der Waals surface area (Å²) >= 11 is 0. The summed E-state index contributed by atoms with van der Waals surface area (Å²) in [6, 6.07) is 3.02. The van der Waals surface area contributed by atoms with E-state index in [1.54, 1.807) is 13.8 Å². The number of carbonyl (C=O) groups is 1. The Hall–Kier alpha value is -3.18. The topological polar surface area (TPSA) is 87.3 Å². The van der Waals surface area contributed by atoms with Gasteiger partial charge in [-0.2, -0.15) is 0 Å². The summed E-state index contributed by atoms with van der Waals surface area (Å²) < 4.78 is 67.8. The van der Waals surface area contributed by atoms with Crippen molar-refractivity contribution >= 4 is 11.9 Å². The minimum Gasteiger partial charge on any atom is -0.403 e. The number of hydrogen-bond acceptors (Lipinski definition) is 5. The number of anilines is 1. The number of nitrogens with zero attached hydrogens (tertiary/aromatic N) is 2. The molecule has 2 aromatic rings. The van der Waals surface area contributed by atoms with Crippen LogP contribution < -0.4 is 20.5 Å². The number of hydrogen-bond donors (Lipinski definition) is 2. The van der Waals surface area contributed by atoms with Crippen molar-refractivity contribution in [2.45, 2.75) is 32.4 Å². The SMILES string of the molecule is CC(C)[C@@H](NC(=O)c1cc(=O)[nH]c(N2CC(F)C2)n1)c1ccc(OC(F)(F)F)c(F)c1. The molecular formula is C19H19F5N4O3. The first kappa shape index (κ1) is 22.5. The first-order valence-corrected chi connectivity index (χ1v) is 9.29. The average molecular weight is 446 g/mol. The van der Waals surface area contributed by atoms with Crippen LogP contribution in [0.4, 0.5) is 27.9 Å². The molecule has 1 fully saturated rings. The van der Waals surface area contributed by atoms with Gasteiger partial charge < -0.3 is 15.0 Å². The quantitative estimate of drug-likeness (QED) is 0.666. The number of aromatic amines is 1. The van der Waals surface area contributed by atoms with E-state index in [1.165, 1.54) is 11.0 Å². The molecule has 3 rings (SSSR count). The highest BCUT2D eigenvalue weighted by atomic mass is 19.4. The third kappa shape index (κ3) is 5.50.